The van der Waals surface area contributed by atoms with E-state index in [0.29, 0.717) is 0 Å². The van der Waals surface area contributed by atoms with E-state index in [9.17, 15) is 31.2 Å². The van der Waals surface area contributed by atoms with Crippen LogP contribution in [0.4, 0.5) is 13.2 Å². The van der Waals surface area contributed by atoms with Crippen molar-refractivity contribution < 1.29 is 31.2 Å². The Kier molecular flexibility index (Phi) is 2.43. The Bertz CT molecular complexity index is 432. The molecule has 0 unspecified atom stereocenters. The van der Waals surface area contributed by atoms with Gasteiger partial charge in [0.2, 0.25) is 5.96 Å². The first-order valence-corrected chi connectivity index (χ1v) is 4.61. The Morgan fingerprint density at radius 3 is 1.80 bits per heavy atom. The first-order chi connectivity index (χ1) is 6.63. The number of amides is 2. The number of sulfonamides is 1. The highest BCUT2D eigenvalue weighted by Gasteiger charge is 2.47. The molecule has 0 aliphatic carbocycles. The SMILES string of the molecule is O=C1NC(=NS(=O)(=O)C(F)(F)F)NC1=O. The molecule has 1 aliphatic heterocycles. The van der Waals surface area contributed by atoms with Crippen LogP contribution in [0.3, 0.4) is 0 Å². The summed E-state index contributed by atoms with van der Waals surface area (Å²) in [6.45, 7) is 0. The molecule has 0 aromatic carbocycles. The Hall–Kier alpha value is -1.65. The number of rotatable bonds is 1. The lowest BCUT2D eigenvalue weighted by Crippen LogP contribution is -2.30. The third kappa shape index (κ3) is 2.23. The second kappa shape index (κ2) is 3.18. The minimum atomic E-state index is -5.77. The fraction of sp³-hybridized carbons (Fsp3) is 0.250. The van der Waals surface area contributed by atoms with E-state index in [4.69, 9.17) is 0 Å². The topological polar surface area (TPSA) is 105 Å². The van der Waals surface area contributed by atoms with Crippen LogP contribution in [-0.2, 0) is 19.6 Å². The van der Waals surface area contributed by atoms with Crippen LogP contribution in [0.1, 0.15) is 0 Å². The van der Waals surface area contributed by atoms with Crippen LogP contribution in [0, 0.1) is 0 Å². The van der Waals surface area contributed by atoms with Gasteiger partial charge in [-0.3, -0.25) is 20.2 Å². The first-order valence-electron chi connectivity index (χ1n) is 3.17. The molecule has 2 amide bonds. The van der Waals surface area contributed by atoms with Crippen LogP contribution < -0.4 is 10.6 Å². The lowest BCUT2D eigenvalue weighted by molar-refractivity contribution is -0.135. The monoisotopic (exact) mass is 245 g/mol. The molecule has 1 fully saturated rings. The molecule has 0 aromatic heterocycles. The van der Waals surface area contributed by atoms with Crippen molar-refractivity contribution in [3.8, 4) is 0 Å². The van der Waals surface area contributed by atoms with E-state index in [1.807, 2.05) is 0 Å². The molecule has 2 N–H and O–H groups in total. The van der Waals surface area contributed by atoms with Gasteiger partial charge >= 0.3 is 27.3 Å². The van der Waals surface area contributed by atoms with E-state index in [1.54, 1.807) is 0 Å². The minimum Gasteiger partial charge on any atom is -0.287 e. The number of halogens is 3. The molecule has 1 heterocycles. The molecule has 1 saturated heterocycles. The van der Waals surface area contributed by atoms with Gasteiger partial charge in [0.05, 0.1) is 0 Å². The van der Waals surface area contributed by atoms with Crippen molar-refractivity contribution in [2.24, 2.45) is 4.40 Å². The molecule has 0 bridgehead atoms. The van der Waals surface area contributed by atoms with Gasteiger partial charge in [-0.05, 0) is 0 Å². The van der Waals surface area contributed by atoms with Crippen LogP contribution in [-0.4, -0.2) is 31.7 Å². The van der Waals surface area contributed by atoms with Gasteiger partial charge in [-0.15, -0.1) is 4.40 Å². The van der Waals surface area contributed by atoms with Gasteiger partial charge in [-0.1, -0.05) is 0 Å². The summed E-state index contributed by atoms with van der Waals surface area (Å²) in [6, 6.07) is 0. The Morgan fingerprint density at radius 1 is 1.07 bits per heavy atom. The molecule has 0 aromatic rings. The van der Waals surface area contributed by atoms with Gasteiger partial charge in [0.15, 0.2) is 0 Å². The summed E-state index contributed by atoms with van der Waals surface area (Å²) >= 11 is 0. The second-order valence-electron chi connectivity index (χ2n) is 2.27. The number of nitrogens with one attached hydrogen (secondary N) is 2. The largest absolute Gasteiger partial charge is 0.518 e. The Balaban J connectivity index is 3.01. The zero-order valence-corrected chi connectivity index (χ0v) is 7.44. The summed E-state index contributed by atoms with van der Waals surface area (Å²) < 4.78 is 58.3. The standard InChI is InChI=1S/C4H2F3N3O4S/c5-4(6,7)15(13,14)10-3-8-1(11)2(12)9-3/h(H2,8,9,10,11,12). The summed E-state index contributed by atoms with van der Waals surface area (Å²) in [5.41, 5.74) is -5.59. The summed E-state index contributed by atoms with van der Waals surface area (Å²) in [7, 11) is -5.77. The van der Waals surface area contributed by atoms with Crippen LogP contribution in [0.2, 0.25) is 0 Å². The highest BCUT2D eigenvalue weighted by atomic mass is 32.2. The van der Waals surface area contributed by atoms with E-state index in [1.165, 1.54) is 10.6 Å². The lowest BCUT2D eigenvalue weighted by Gasteiger charge is -2.02. The molecule has 0 saturated carbocycles. The third-order valence-corrected chi connectivity index (χ3v) is 2.18. The molecule has 0 spiro atoms. The van der Waals surface area contributed by atoms with Crippen molar-refractivity contribution in [3.05, 3.63) is 0 Å². The van der Waals surface area contributed by atoms with Crippen molar-refractivity contribution in [2.75, 3.05) is 0 Å². The van der Waals surface area contributed by atoms with Gasteiger partial charge in [0, 0.05) is 0 Å². The third-order valence-electron chi connectivity index (χ3n) is 1.17. The van der Waals surface area contributed by atoms with E-state index in [2.05, 4.69) is 4.40 Å². The molecule has 0 atom stereocenters. The van der Waals surface area contributed by atoms with Crippen LogP contribution in [0.5, 0.6) is 0 Å². The molecule has 7 nitrogen and oxygen atoms in total. The predicted octanol–water partition coefficient (Wildman–Crippen LogP) is -1.56. The highest BCUT2D eigenvalue weighted by molar-refractivity contribution is 7.91. The molecule has 11 heteroatoms. The van der Waals surface area contributed by atoms with Crippen molar-refractivity contribution >= 4 is 27.8 Å². The average molecular weight is 245 g/mol. The normalized spacial score (nSPS) is 17.4. The maximum atomic E-state index is 11.8. The van der Waals surface area contributed by atoms with Gasteiger partial charge in [0.25, 0.3) is 0 Å². The fourth-order valence-electron chi connectivity index (χ4n) is 0.577. The molecule has 0 radical (unpaired) electrons. The number of alkyl halides is 3. The van der Waals surface area contributed by atoms with Crippen LogP contribution in [0.25, 0.3) is 0 Å². The highest BCUT2D eigenvalue weighted by Crippen LogP contribution is 2.24. The average Bonchev–Trinajstić information content (AvgIpc) is 2.27. The molecule has 1 aliphatic rings. The number of hydrogen-bond donors (Lipinski definition) is 2. The molecule has 15 heavy (non-hydrogen) atoms. The quantitative estimate of drug-likeness (QED) is 0.545. The maximum Gasteiger partial charge on any atom is 0.518 e. The summed E-state index contributed by atoms with van der Waals surface area (Å²) in [5.74, 6) is -3.64. The summed E-state index contributed by atoms with van der Waals surface area (Å²) in [6.07, 6.45) is 0. The second-order valence-corrected chi connectivity index (χ2v) is 3.86. The predicted molar refractivity (Wildman–Crippen MR) is 38.7 cm³/mol. The summed E-state index contributed by atoms with van der Waals surface area (Å²) in [4.78, 5) is 20.9. The summed E-state index contributed by atoms with van der Waals surface area (Å²) in [5, 5.41) is 3.01. The maximum absolute atomic E-state index is 11.8. The van der Waals surface area contributed by atoms with Gasteiger partial charge < -0.3 is 0 Å². The van der Waals surface area contributed by atoms with E-state index < -0.39 is 33.3 Å². The number of carbonyl (C=O) groups excluding carboxylic acids is 2. The van der Waals surface area contributed by atoms with Gasteiger partial charge in [0.1, 0.15) is 0 Å². The molecule has 1 rings (SSSR count). The smallest absolute Gasteiger partial charge is 0.287 e. The van der Waals surface area contributed by atoms with Gasteiger partial charge in [-0.2, -0.15) is 21.6 Å². The van der Waals surface area contributed by atoms with Crippen molar-refractivity contribution in [2.45, 2.75) is 5.51 Å². The number of guanidine groups is 1. The van der Waals surface area contributed by atoms with Gasteiger partial charge in [-0.25, -0.2) is 0 Å². The van der Waals surface area contributed by atoms with Crippen LogP contribution >= 0.6 is 0 Å². The Labute approximate surface area is 80.4 Å². The number of hydrogen-bond acceptors (Lipinski definition) is 4. The first kappa shape index (κ1) is 11.4. The number of nitrogens with zero attached hydrogens (tertiary/aromatic N) is 1. The zero-order chi connectivity index (χ0) is 11.9. The van der Waals surface area contributed by atoms with E-state index >= 15 is 0 Å². The minimum absolute atomic E-state index is 1.07. The Morgan fingerprint density at radius 2 is 1.47 bits per heavy atom. The molecular formula is C4H2F3N3O4S. The van der Waals surface area contributed by atoms with Crippen molar-refractivity contribution in [1.29, 1.82) is 0 Å². The fourth-order valence-corrected chi connectivity index (χ4v) is 1.01. The van der Waals surface area contributed by atoms with Crippen LogP contribution in [0.15, 0.2) is 4.40 Å². The molecular weight excluding hydrogens is 243 g/mol. The number of carbonyl (C=O) groups is 2. The van der Waals surface area contributed by atoms with E-state index in [-0.39, 0.29) is 0 Å². The van der Waals surface area contributed by atoms with E-state index in [0.717, 1.165) is 0 Å². The zero-order valence-electron chi connectivity index (χ0n) is 6.62. The van der Waals surface area contributed by atoms with Crippen molar-refractivity contribution in [1.82, 2.24) is 10.6 Å². The lowest BCUT2D eigenvalue weighted by atomic mass is 10.6. The molecule has 84 valence electrons. The van der Waals surface area contributed by atoms with Crippen molar-refractivity contribution in [3.63, 3.8) is 0 Å².